The minimum absolute atomic E-state index is 0.0183. The Morgan fingerprint density at radius 2 is 2.32 bits per heavy atom. The number of hydrogen-bond acceptors (Lipinski definition) is 3. The summed E-state index contributed by atoms with van der Waals surface area (Å²) in [7, 11) is 3.93. The van der Waals surface area contributed by atoms with Crippen molar-refractivity contribution in [1.82, 2.24) is 4.90 Å². The van der Waals surface area contributed by atoms with Gasteiger partial charge in [-0.05, 0) is 44.1 Å². The van der Waals surface area contributed by atoms with E-state index in [1.165, 1.54) is 12.1 Å². The number of carboxylic acid groups (broad SMARTS) is 1. The first kappa shape index (κ1) is 13.8. The van der Waals surface area contributed by atoms with Gasteiger partial charge in [0.05, 0.1) is 11.3 Å². The molecule has 104 valence electrons. The fourth-order valence-corrected chi connectivity index (χ4v) is 2.61. The zero-order chi connectivity index (χ0) is 14.0. The Bertz CT molecular complexity index is 479. The molecular weight excluding hydrogens is 247 g/mol. The van der Waals surface area contributed by atoms with Crippen molar-refractivity contribution in [3.63, 3.8) is 0 Å². The van der Waals surface area contributed by atoms with E-state index in [1.807, 2.05) is 11.9 Å². The third-order valence-electron chi connectivity index (χ3n) is 3.63. The topological polar surface area (TPSA) is 43.8 Å². The molecule has 1 N–H and O–H groups in total. The molecule has 0 radical (unpaired) electrons. The van der Waals surface area contributed by atoms with Crippen molar-refractivity contribution in [1.29, 1.82) is 0 Å². The number of carbonyl (C=O) groups is 1. The van der Waals surface area contributed by atoms with E-state index in [1.54, 1.807) is 0 Å². The summed E-state index contributed by atoms with van der Waals surface area (Å²) in [6.45, 7) is 2.89. The molecule has 1 fully saturated rings. The van der Waals surface area contributed by atoms with Gasteiger partial charge in [-0.3, -0.25) is 0 Å². The van der Waals surface area contributed by atoms with Gasteiger partial charge < -0.3 is 14.9 Å². The molecule has 1 aliphatic rings. The zero-order valence-corrected chi connectivity index (χ0v) is 11.3. The SMILES string of the molecule is CN1CCC(CN(C)c2ccc(C(=O)O)cc2F)C1. The van der Waals surface area contributed by atoms with Crippen LogP contribution in [0.4, 0.5) is 10.1 Å². The van der Waals surface area contributed by atoms with Crippen LogP contribution < -0.4 is 4.90 Å². The Balaban J connectivity index is 2.06. The molecule has 1 saturated heterocycles. The van der Waals surface area contributed by atoms with Gasteiger partial charge in [-0.1, -0.05) is 0 Å². The molecule has 5 heteroatoms. The molecule has 0 aliphatic carbocycles. The highest BCUT2D eigenvalue weighted by Crippen LogP contribution is 2.23. The Hall–Kier alpha value is -1.62. The molecule has 2 rings (SSSR count). The molecule has 0 saturated carbocycles. The molecular formula is C14H19FN2O2. The molecule has 0 spiro atoms. The van der Waals surface area contributed by atoms with E-state index < -0.39 is 11.8 Å². The molecule has 1 aromatic rings. The predicted molar refractivity (Wildman–Crippen MR) is 72.2 cm³/mol. The highest BCUT2D eigenvalue weighted by atomic mass is 19.1. The van der Waals surface area contributed by atoms with E-state index in [-0.39, 0.29) is 5.56 Å². The van der Waals surface area contributed by atoms with Crippen molar-refractivity contribution < 1.29 is 14.3 Å². The number of anilines is 1. The summed E-state index contributed by atoms with van der Waals surface area (Å²) >= 11 is 0. The van der Waals surface area contributed by atoms with E-state index in [0.717, 1.165) is 32.1 Å². The molecule has 0 bridgehead atoms. The molecule has 1 heterocycles. The third-order valence-corrected chi connectivity index (χ3v) is 3.63. The van der Waals surface area contributed by atoms with Crippen LogP contribution in [0.5, 0.6) is 0 Å². The number of benzene rings is 1. The normalized spacial score (nSPS) is 19.6. The van der Waals surface area contributed by atoms with Gasteiger partial charge in [0.1, 0.15) is 5.82 Å². The summed E-state index contributed by atoms with van der Waals surface area (Å²) < 4.78 is 13.9. The quantitative estimate of drug-likeness (QED) is 0.904. The summed E-state index contributed by atoms with van der Waals surface area (Å²) in [5, 5.41) is 8.81. The molecule has 0 amide bonds. The van der Waals surface area contributed by atoms with Crippen LogP contribution in [0, 0.1) is 11.7 Å². The summed E-state index contributed by atoms with van der Waals surface area (Å²) in [6.07, 6.45) is 1.12. The van der Waals surface area contributed by atoms with Crippen molar-refractivity contribution in [2.24, 2.45) is 5.92 Å². The molecule has 1 atom stereocenters. The fourth-order valence-electron chi connectivity index (χ4n) is 2.61. The van der Waals surface area contributed by atoms with E-state index in [2.05, 4.69) is 11.9 Å². The Morgan fingerprint density at radius 3 is 2.84 bits per heavy atom. The second-order valence-electron chi connectivity index (χ2n) is 5.27. The predicted octanol–water partition coefficient (Wildman–Crippen LogP) is 1.91. The summed E-state index contributed by atoms with van der Waals surface area (Å²) in [6, 6.07) is 4.06. The molecule has 19 heavy (non-hydrogen) atoms. The van der Waals surface area contributed by atoms with Crippen LogP contribution in [-0.4, -0.2) is 49.7 Å². The van der Waals surface area contributed by atoms with Crippen LogP contribution in [0.1, 0.15) is 16.8 Å². The number of halogens is 1. The van der Waals surface area contributed by atoms with Gasteiger partial charge in [-0.2, -0.15) is 0 Å². The lowest BCUT2D eigenvalue weighted by molar-refractivity contribution is 0.0696. The maximum absolute atomic E-state index is 13.9. The van der Waals surface area contributed by atoms with E-state index in [4.69, 9.17) is 5.11 Å². The minimum atomic E-state index is -1.11. The Morgan fingerprint density at radius 1 is 1.58 bits per heavy atom. The third kappa shape index (κ3) is 3.23. The largest absolute Gasteiger partial charge is 0.478 e. The molecule has 4 nitrogen and oxygen atoms in total. The fraction of sp³-hybridized carbons (Fsp3) is 0.500. The minimum Gasteiger partial charge on any atom is -0.478 e. The number of hydrogen-bond donors (Lipinski definition) is 1. The number of likely N-dealkylation sites (tertiary alicyclic amines) is 1. The first-order valence-corrected chi connectivity index (χ1v) is 6.40. The van der Waals surface area contributed by atoms with Crippen LogP contribution in [0.2, 0.25) is 0 Å². The average molecular weight is 266 g/mol. The van der Waals surface area contributed by atoms with E-state index in [0.29, 0.717) is 11.6 Å². The number of carboxylic acids is 1. The van der Waals surface area contributed by atoms with E-state index >= 15 is 0 Å². The average Bonchev–Trinajstić information content (AvgIpc) is 2.74. The second-order valence-corrected chi connectivity index (χ2v) is 5.27. The van der Waals surface area contributed by atoms with Gasteiger partial charge in [-0.15, -0.1) is 0 Å². The van der Waals surface area contributed by atoms with Crippen LogP contribution in [0.25, 0.3) is 0 Å². The molecule has 1 unspecified atom stereocenters. The smallest absolute Gasteiger partial charge is 0.335 e. The van der Waals surface area contributed by atoms with Crippen molar-refractivity contribution in [2.75, 3.05) is 38.6 Å². The van der Waals surface area contributed by atoms with Gasteiger partial charge in [0.25, 0.3) is 0 Å². The maximum atomic E-state index is 13.9. The van der Waals surface area contributed by atoms with Gasteiger partial charge in [-0.25, -0.2) is 9.18 Å². The highest BCUT2D eigenvalue weighted by molar-refractivity contribution is 5.88. The molecule has 0 aromatic heterocycles. The summed E-state index contributed by atoms with van der Waals surface area (Å²) in [5.74, 6) is -1.05. The highest BCUT2D eigenvalue weighted by Gasteiger charge is 2.22. The summed E-state index contributed by atoms with van der Waals surface area (Å²) in [5.41, 5.74) is 0.440. The monoisotopic (exact) mass is 266 g/mol. The maximum Gasteiger partial charge on any atom is 0.335 e. The van der Waals surface area contributed by atoms with Crippen molar-refractivity contribution >= 4 is 11.7 Å². The first-order chi connectivity index (χ1) is 8.97. The lowest BCUT2D eigenvalue weighted by Crippen LogP contribution is -2.27. The van der Waals surface area contributed by atoms with Gasteiger partial charge >= 0.3 is 5.97 Å². The number of nitrogens with zero attached hydrogens (tertiary/aromatic N) is 2. The van der Waals surface area contributed by atoms with Crippen LogP contribution >= 0.6 is 0 Å². The molecule has 1 aliphatic heterocycles. The lowest BCUT2D eigenvalue weighted by Gasteiger charge is -2.23. The Kier molecular flexibility index (Phi) is 4.04. The number of rotatable bonds is 4. The summed E-state index contributed by atoms with van der Waals surface area (Å²) in [4.78, 5) is 14.9. The van der Waals surface area contributed by atoms with E-state index in [9.17, 15) is 9.18 Å². The van der Waals surface area contributed by atoms with Crippen LogP contribution in [-0.2, 0) is 0 Å². The number of aromatic carboxylic acids is 1. The van der Waals surface area contributed by atoms with Gasteiger partial charge in [0, 0.05) is 20.1 Å². The first-order valence-electron chi connectivity index (χ1n) is 6.40. The lowest BCUT2D eigenvalue weighted by atomic mass is 10.1. The van der Waals surface area contributed by atoms with Gasteiger partial charge in [0.15, 0.2) is 0 Å². The van der Waals surface area contributed by atoms with Crippen molar-refractivity contribution in [2.45, 2.75) is 6.42 Å². The van der Waals surface area contributed by atoms with Crippen LogP contribution in [0.3, 0.4) is 0 Å². The molecule has 1 aromatic carbocycles. The Labute approximate surface area is 112 Å². The van der Waals surface area contributed by atoms with Gasteiger partial charge in [0.2, 0.25) is 0 Å². The van der Waals surface area contributed by atoms with Crippen LogP contribution in [0.15, 0.2) is 18.2 Å². The second kappa shape index (κ2) is 5.57. The zero-order valence-electron chi connectivity index (χ0n) is 11.3. The standard InChI is InChI=1S/C14H19FN2O2/c1-16-6-5-10(8-16)9-17(2)13-4-3-11(14(18)19)7-12(13)15/h3-4,7,10H,5-6,8-9H2,1-2H3,(H,18,19). The van der Waals surface area contributed by atoms with Crippen molar-refractivity contribution in [3.05, 3.63) is 29.6 Å². The van der Waals surface area contributed by atoms with Crippen molar-refractivity contribution in [3.8, 4) is 0 Å².